The summed E-state index contributed by atoms with van der Waals surface area (Å²) >= 11 is 1.50. The van der Waals surface area contributed by atoms with Gasteiger partial charge in [0.25, 0.3) is 0 Å². The van der Waals surface area contributed by atoms with Gasteiger partial charge in [0, 0.05) is 31.4 Å². The Morgan fingerprint density at radius 2 is 2.07 bits per heavy atom. The van der Waals surface area contributed by atoms with E-state index in [9.17, 15) is 9.59 Å². The minimum Gasteiger partial charge on any atom is -0.486 e. The summed E-state index contributed by atoms with van der Waals surface area (Å²) in [7, 11) is 0. The minimum atomic E-state index is -0.0384. The molecule has 2 amide bonds. The van der Waals surface area contributed by atoms with E-state index in [-0.39, 0.29) is 18.2 Å². The van der Waals surface area contributed by atoms with Crippen molar-refractivity contribution in [3.63, 3.8) is 0 Å². The lowest BCUT2D eigenvalue weighted by molar-refractivity contribution is -0.130. The highest BCUT2D eigenvalue weighted by molar-refractivity contribution is 7.09. The maximum absolute atomic E-state index is 12.1. The number of nitrogens with zero attached hydrogens (tertiary/aromatic N) is 2. The first-order valence-electron chi connectivity index (χ1n) is 10.3. The van der Waals surface area contributed by atoms with Crippen LogP contribution in [0.5, 0.6) is 5.75 Å². The molecule has 1 fully saturated rings. The van der Waals surface area contributed by atoms with Crippen molar-refractivity contribution in [1.82, 2.24) is 15.2 Å². The van der Waals surface area contributed by atoms with Gasteiger partial charge in [-0.3, -0.25) is 9.59 Å². The van der Waals surface area contributed by atoms with Gasteiger partial charge in [-0.1, -0.05) is 24.1 Å². The molecule has 1 saturated heterocycles. The van der Waals surface area contributed by atoms with Crippen LogP contribution < -0.4 is 10.1 Å². The van der Waals surface area contributed by atoms with Crippen molar-refractivity contribution in [1.29, 1.82) is 0 Å². The molecule has 3 rings (SSSR count). The highest BCUT2D eigenvalue weighted by Crippen LogP contribution is 2.16. The Morgan fingerprint density at radius 3 is 2.90 bits per heavy atom. The Bertz CT molecular complexity index is 804. The van der Waals surface area contributed by atoms with Gasteiger partial charge in [-0.2, -0.15) is 0 Å². The Kier molecular flexibility index (Phi) is 8.04. The molecule has 2 aromatic rings. The van der Waals surface area contributed by atoms with E-state index in [4.69, 9.17) is 4.74 Å². The summed E-state index contributed by atoms with van der Waals surface area (Å²) in [5, 5.41) is 5.69. The van der Waals surface area contributed by atoms with E-state index in [1.54, 1.807) is 0 Å². The Balaban J connectivity index is 1.34. The average Bonchev–Trinajstić information content (AvgIpc) is 3.05. The van der Waals surface area contributed by atoms with Crippen LogP contribution in [0.2, 0.25) is 0 Å². The Hall–Kier alpha value is -2.41. The smallest absolute Gasteiger partial charge is 0.226 e. The summed E-state index contributed by atoms with van der Waals surface area (Å²) in [6.07, 6.45) is 4.92. The number of rotatable bonds is 9. The molecule has 2 heterocycles. The molecule has 6 nitrogen and oxygen atoms in total. The average molecular weight is 416 g/mol. The van der Waals surface area contributed by atoms with Crippen molar-refractivity contribution in [2.75, 3.05) is 19.6 Å². The lowest BCUT2D eigenvalue weighted by Gasteiger charge is -2.20. The monoisotopic (exact) mass is 415 g/mol. The maximum atomic E-state index is 12.1. The van der Waals surface area contributed by atoms with Crippen LogP contribution in [0.3, 0.4) is 0 Å². The first kappa shape index (κ1) is 21.3. The third kappa shape index (κ3) is 7.16. The molecule has 1 N–H and O–H groups in total. The van der Waals surface area contributed by atoms with E-state index in [2.05, 4.69) is 10.3 Å². The number of carbonyl (C=O) groups is 2. The highest BCUT2D eigenvalue weighted by Gasteiger charge is 2.16. The summed E-state index contributed by atoms with van der Waals surface area (Å²) in [6.45, 7) is 4.58. The summed E-state index contributed by atoms with van der Waals surface area (Å²) in [6, 6.07) is 7.90. The first-order valence-corrected chi connectivity index (χ1v) is 11.2. The molecule has 29 heavy (non-hydrogen) atoms. The van der Waals surface area contributed by atoms with Gasteiger partial charge in [-0.05, 0) is 38.3 Å². The molecule has 0 radical (unpaired) electrons. The predicted molar refractivity (Wildman–Crippen MR) is 114 cm³/mol. The van der Waals surface area contributed by atoms with Gasteiger partial charge in [0.15, 0.2) is 0 Å². The van der Waals surface area contributed by atoms with Gasteiger partial charge >= 0.3 is 0 Å². The SMILES string of the molecule is Cc1ccc(OCc2nc(CC(=O)NCCCN3CCCCCC3=O)cs2)cc1. The van der Waals surface area contributed by atoms with Gasteiger partial charge in [0.05, 0.1) is 12.1 Å². The highest BCUT2D eigenvalue weighted by atomic mass is 32.1. The van der Waals surface area contributed by atoms with Crippen LogP contribution in [0.1, 0.15) is 48.4 Å². The molecule has 1 aromatic carbocycles. The summed E-state index contributed by atoms with van der Waals surface area (Å²) in [5.41, 5.74) is 1.95. The largest absolute Gasteiger partial charge is 0.486 e. The van der Waals surface area contributed by atoms with Crippen molar-refractivity contribution in [2.45, 2.75) is 52.1 Å². The number of thiazole rings is 1. The van der Waals surface area contributed by atoms with Gasteiger partial charge in [-0.15, -0.1) is 11.3 Å². The molecule has 156 valence electrons. The summed E-state index contributed by atoms with van der Waals surface area (Å²) in [5.74, 6) is 1.02. The van der Waals surface area contributed by atoms with Gasteiger partial charge in [0.2, 0.25) is 11.8 Å². The van der Waals surface area contributed by atoms with Gasteiger partial charge < -0.3 is 15.0 Å². The third-order valence-electron chi connectivity index (χ3n) is 4.92. The van der Waals surface area contributed by atoms with Crippen LogP contribution in [-0.2, 0) is 22.6 Å². The maximum Gasteiger partial charge on any atom is 0.226 e. The zero-order valence-corrected chi connectivity index (χ0v) is 17.8. The number of ether oxygens (including phenoxy) is 1. The molecule has 0 spiro atoms. The molecule has 1 aliphatic heterocycles. The van der Waals surface area contributed by atoms with E-state index in [0.717, 1.165) is 55.2 Å². The van der Waals surface area contributed by atoms with E-state index >= 15 is 0 Å². The molecule has 1 aromatic heterocycles. The minimum absolute atomic E-state index is 0.0384. The number of carbonyl (C=O) groups excluding carboxylic acids is 2. The second-order valence-electron chi connectivity index (χ2n) is 7.41. The topological polar surface area (TPSA) is 71.5 Å². The van der Waals surface area contributed by atoms with Gasteiger partial charge in [-0.25, -0.2) is 4.98 Å². The molecule has 0 bridgehead atoms. The van der Waals surface area contributed by atoms with E-state index in [0.29, 0.717) is 19.6 Å². The van der Waals surface area contributed by atoms with Crippen molar-refractivity contribution in [3.05, 3.63) is 45.9 Å². The predicted octanol–water partition coefficient (Wildman–Crippen LogP) is 3.48. The Labute approximate surface area is 176 Å². The van der Waals surface area contributed by atoms with Crippen LogP contribution in [-0.4, -0.2) is 41.3 Å². The number of benzene rings is 1. The van der Waals surface area contributed by atoms with Crippen molar-refractivity contribution in [2.24, 2.45) is 0 Å². The number of hydrogen-bond donors (Lipinski definition) is 1. The van der Waals surface area contributed by atoms with E-state index < -0.39 is 0 Å². The molecular weight excluding hydrogens is 386 g/mol. The van der Waals surface area contributed by atoms with Crippen molar-refractivity contribution >= 4 is 23.2 Å². The lowest BCUT2D eigenvalue weighted by atomic mass is 10.2. The number of amides is 2. The third-order valence-corrected chi connectivity index (χ3v) is 5.79. The Morgan fingerprint density at radius 1 is 1.24 bits per heavy atom. The standard InChI is InChI=1S/C22H29N3O3S/c1-17-7-9-19(10-8-17)28-15-21-24-18(16-29-21)14-20(26)23-11-5-13-25-12-4-2-3-6-22(25)27/h7-10,16H,2-6,11-15H2,1H3,(H,23,26). The summed E-state index contributed by atoms with van der Waals surface area (Å²) < 4.78 is 5.74. The molecule has 7 heteroatoms. The van der Waals surface area contributed by atoms with Crippen molar-refractivity contribution < 1.29 is 14.3 Å². The summed E-state index contributed by atoms with van der Waals surface area (Å²) in [4.78, 5) is 30.5. The normalized spacial score (nSPS) is 14.5. The molecule has 0 atom stereocenters. The fourth-order valence-corrected chi connectivity index (χ4v) is 3.98. The number of hydrogen-bond acceptors (Lipinski definition) is 5. The fraction of sp³-hybridized carbons (Fsp3) is 0.500. The van der Waals surface area contributed by atoms with Crippen LogP contribution >= 0.6 is 11.3 Å². The van der Waals surface area contributed by atoms with E-state index in [1.807, 2.05) is 41.5 Å². The number of likely N-dealkylation sites (tertiary alicyclic amines) is 1. The number of nitrogens with one attached hydrogen (secondary N) is 1. The zero-order chi connectivity index (χ0) is 20.5. The molecule has 0 unspecified atom stereocenters. The quantitative estimate of drug-likeness (QED) is 0.637. The number of aryl methyl sites for hydroxylation is 1. The molecule has 1 aliphatic rings. The van der Waals surface area contributed by atoms with Crippen molar-refractivity contribution in [3.8, 4) is 5.75 Å². The van der Waals surface area contributed by atoms with Crippen LogP contribution in [0.15, 0.2) is 29.6 Å². The first-order chi connectivity index (χ1) is 14.1. The van der Waals surface area contributed by atoms with Gasteiger partial charge in [0.1, 0.15) is 17.4 Å². The molecular formula is C22H29N3O3S. The van der Waals surface area contributed by atoms with Crippen LogP contribution in [0.25, 0.3) is 0 Å². The second kappa shape index (κ2) is 11.0. The molecule has 0 saturated carbocycles. The van der Waals surface area contributed by atoms with E-state index in [1.165, 1.54) is 16.9 Å². The molecule has 0 aliphatic carbocycles. The zero-order valence-electron chi connectivity index (χ0n) is 17.0. The second-order valence-corrected chi connectivity index (χ2v) is 8.35. The van der Waals surface area contributed by atoms with Crippen LogP contribution in [0.4, 0.5) is 0 Å². The van der Waals surface area contributed by atoms with Crippen LogP contribution in [0, 0.1) is 6.92 Å². The number of aromatic nitrogens is 1. The fourth-order valence-electron chi connectivity index (χ4n) is 3.28. The lowest BCUT2D eigenvalue weighted by Crippen LogP contribution is -2.34.